The topological polar surface area (TPSA) is 89.3 Å². The van der Waals surface area contributed by atoms with Gasteiger partial charge in [0.05, 0.1) is 20.2 Å². The first kappa shape index (κ1) is 28.4. The molecule has 0 spiro atoms. The number of aryl methyl sites for hydroxylation is 3. The Hall–Kier alpha value is -3.56. The summed E-state index contributed by atoms with van der Waals surface area (Å²) in [7, 11) is 1.63. The van der Waals surface area contributed by atoms with Gasteiger partial charge < -0.3 is 28.8 Å². The first-order chi connectivity index (χ1) is 18.7. The number of carbonyl (C=O) groups excluding carboxylic acids is 1. The van der Waals surface area contributed by atoms with E-state index >= 15 is 0 Å². The van der Waals surface area contributed by atoms with E-state index in [4.69, 9.17) is 14.2 Å². The average molecular weight is 537 g/mol. The summed E-state index contributed by atoms with van der Waals surface area (Å²) in [6.45, 7) is 11.2. The molecule has 0 aliphatic carbocycles. The Bertz CT molecular complexity index is 1280. The van der Waals surface area contributed by atoms with Gasteiger partial charge in [-0.15, -0.1) is 0 Å². The van der Waals surface area contributed by atoms with E-state index in [9.17, 15) is 9.90 Å². The van der Waals surface area contributed by atoms with Crippen LogP contribution in [0.3, 0.4) is 0 Å². The fourth-order valence-corrected chi connectivity index (χ4v) is 4.84. The van der Waals surface area contributed by atoms with Gasteiger partial charge in [-0.05, 0) is 61.7 Å². The van der Waals surface area contributed by atoms with Crippen LogP contribution < -0.4 is 14.2 Å². The smallest absolute Gasteiger partial charge is 0.219 e. The van der Waals surface area contributed by atoms with Crippen LogP contribution in [0.1, 0.15) is 29.4 Å². The number of hydrogen-bond acceptors (Lipinski definition) is 7. The minimum Gasteiger partial charge on any atom is -0.493 e. The van der Waals surface area contributed by atoms with Crippen LogP contribution >= 0.6 is 0 Å². The number of benzene rings is 2. The highest BCUT2D eigenvalue weighted by Gasteiger charge is 2.37. The molecule has 1 fully saturated rings. The molecule has 4 rings (SSSR count). The van der Waals surface area contributed by atoms with Gasteiger partial charge in [-0.2, -0.15) is 0 Å². The highest BCUT2D eigenvalue weighted by atomic mass is 16.5. The minimum atomic E-state index is -1.23. The van der Waals surface area contributed by atoms with Crippen molar-refractivity contribution < 1.29 is 24.1 Å². The van der Waals surface area contributed by atoms with Crippen LogP contribution in [0.15, 0.2) is 48.8 Å². The van der Waals surface area contributed by atoms with Crippen molar-refractivity contribution in [2.75, 3.05) is 46.5 Å². The Balaban J connectivity index is 1.45. The van der Waals surface area contributed by atoms with Crippen LogP contribution in [0.4, 0.5) is 0 Å². The second-order valence-electron chi connectivity index (χ2n) is 10.4. The molecule has 0 radical (unpaired) electrons. The van der Waals surface area contributed by atoms with E-state index in [1.807, 2.05) is 61.0 Å². The summed E-state index contributed by atoms with van der Waals surface area (Å²) in [5, 5.41) is 11.7. The molecule has 3 aromatic rings. The first-order valence-corrected chi connectivity index (χ1v) is 13.3. The zero-order valence-electron chi connectivity index (χ0n) is 23.6. The SMILES string of the molecule is COc1ccc(CN2CCN(C(C)=O)C[C@@](O)(COc3ccc(C)c(C)c3)C2)cc1OCCn1ccnc1C. The molecule has 39 heavy (non-hydrogen) atoms. The lowest BCUT2D eigenvalue weighted by atomic mass is 10.0. The van der Waals surface area contributed by atoms with E-state index in [1.165, 1.54) is 5.56 Å². The molecule has 0 unspecified atom stereocenters. The zero-order valence-corrected chi connectivity index (χ0v) is 23.6. The molecule has 0 saturated carbocycles. The van der Waals surface area contributed by atoms with E-state index < -0.39 is 5.60 Å². The van der Waals surface area contributed by atoms with Crippen molar-refractivity contribution in [2.24, 2.45) is 0 Å². The minimum absolute atomic E-state index is 0.0604. The number of amides is 1. The van der Waals surface area contributed by atoms with Crippen molar-refractivity contribution in [2.45, 2.75) is 46.4 Å². The molecule has 1 atom stereocenters. The molecule has 1 aliphatic rings. The third-order valence-corrected chi connectivity index (χ3v) is 7.27. The first-order valence-electron chi connectivity index (χ1n) is 13.3. The number of methoxy groups -OCH3 is 1. The Morgan fingerprint density at radius 1 is 1.03 bits per heavy atom. The van der Waals surface area contributed by atoms with Gasteiger partial charge in [0.1, 0.15) is 30.4 Å². The highest BCUT2D eigenvalue weighted by molar-refractivity contribution is 5.73. The molecule has 2 aromatic carbocycles. The fourth-order valence-electron chi connectivity index (χ4n) is 4.84. The summed E-state index contributed by atoms with van der Waals surface area (Å²) >= 11 is 0. The normalized spacial score (nSPS) is 18.1. The molecule has 1 saturated heterocycles. The van der Waals surface area contributed by atoms with Crippen molar-refractivity contribution in [3.8, 4) is 17.2 Å². The van der Waals surface area contributed by atoms with Crippen molar-refractivity contribution in [3.05, 3.63) is 71.3 Å². The largest absolute Gasteiger partial charge is 0.493 e. The lowest BCUT2D eigenvalue weighted by molar-refractivity contribution is -0.132. The Labute approximate surface area is 230 Å². The second-order valence-corrected chi connectivity index (χ2v) is 10.4. The van der Waals surface area contributed by atoms with E-state index in [0.717, 1.165) is 17.0 Å². The quantitative estimate of drug-likeness (QED) is 0.425. The lowest BCUT2D eigenvalue weighted by Crippen LogP contribution is -2.51. The van der Waals surface area contributed by atoms with E-state index in [2.05, 4.69) is 16.8 Å². The van der Waals surface area contributed by atoms with Gasteiger partial charge in [0.2, 0.25) is 5.91 Å². The van der Waals surface area contributed by atoms with Crippen molar-refractivity contribution in [3.63, 3.8) is 0 Å². The lowest BCUT2D eigenvalue weighted by Gasteiger charge is -2.33. The summed E-state index contributed by atoms with van der Waals surface area (Å²) in [5.41, 5.74) is 2.11. The molecule has 1 aliphatic heterocycles. The molecule has 9 nitrogen and oxygen atoms in total. The molecule has 9 heteroatoms. The molecule has 0 bridgehead atoms. The number of ether oxygens (including phenoxy) is 3. The third kappa shape index (κ3) is 7.52. The summed E-state index contributed by atoms with van der Waals surface area (Å²) < 4.78 is 19.7. The number of β-amino-alcohol motifs (C(OH)–C–C–N with tert-alkyl or cyclic N) is 1. The van der Waals surface area contributed by atoms with Crippen LogP contribution in [-0.2, 0) is 17.9 Å². The summed E-state index contributed by atoms with van der Waals surface area (Å²) in [6, 6.07) is 11.8. The maximum Gasteiger partial charge on any atom is 0.219 e. The fraction of sp³-hybridized carbons (Fsp3) is 0.467. The highest BCUT2D eigenvalue weighted by Crippen LogP contribution is 2.29. The summed E-state index contributed by atoms with van der Waals surface area (Å²) in [4.78, 5) is 20.4. The molecule has 1 aromatic heterocycles. The van der Waals surface area contributed by atoms with Gasteiger partial charge in [-0.1, -0.05) is 12.1 Å². The monoisotopic (exact) mass is 536 g/mol. The number of imidazole rings is 1. The molecule has 1 amide bonds. The Morgan fingerprint density at radius 2 is 1.85 bits per heavy atom. The van der Waals surface area contributed by atoms with Crippen LogP contribution in [0.25, 0.3) is 0 Å². The Kier molecular flexibility index (Phi) is 9.14. The van der Waals surface area contributed by atoms with Gasteiger partial charge in [0, 0.05) is 45.5 Å². The summed E-state index contributed by atoms with van der Waals surface area (Å²) in [5.74, 6) is 2.92. The third-order valence-electron chi connectivity index (χ3n) is 7.27. The Morgan fingerprint density at radius 3 is 2.54 bits per heavy atom. The number of rotatable bonds is 10. The van der Waals surface area contributed by atoms with Gasteiger partial charge >= 0.3 is 0 Å². The van der Waals surface area contributed by atoms with Crippen molar-refractivity contribution >= 4 is 5.91 Å². The summed E-state index contributed by atoms with van der Waals surface area (Å²) in [6.07, 6.45) is 3.71. The molecule has 210 valence electrons. The second kappa shape index (κ2) is 12.5. The maximum absolute atomic E-state index is 12.3. The number of aliphatic hydroxyl groups is 1. The molecule has 1 N–H and O–H groups in total. The van der Waals surface area contributed by atoms with Gasteiger partial charge in [-0.25, -0.2) is 4.98 Å². The number of nitrogens with zero attached hydrogens (tertiary/aromatic N) is 4. The van der Waals surface area contributed by atoms with Gasteiger partial charge in [-0.3, -0.25) is 9.69 Å². The van der Waals surface area contributed by atoms with Crippen LogP contribution in [0.5, 0.6) is 17.2 Å². The molecular formula is C30H40N4O5. The zero-order chi connectivity index (χ0) is 28.0. The molecular weight excluding hydrogens is 496 g/mol. The number of aromatic nitrogens is 2. The predicted octanol–water partition coefficient (Wildman–Crippen LogP) is 3.37. The number of carbonyl (C=O) groups is 1. The van der Waals surface area contributed by atoms with Crippen LogP contribution in [-0.4, -0.2) is 82.5 Å². The molecule has 2 heterocycles. The van der Waals surface area contributed by atoms with Crippen LogP contribution in [0.2, 0.25) is 0 Å². The standard InChI is InChI=1S/C30H40N4O5/c1-22-6-8-27(16-23(22)2)39-21-30(36)19-32(12-13-34(20-30)25(4)35)18-26-7-9-28(37-5)29(17-26)38-15-14-33-11-10-31-24(33)3/h6-11,16-17,36H,12-15,18-21H2,1-5H3/t30-/m1/s1. The van der Waals surface area contributed by atoms with Gasteiger partial charge in [0.25, 0.3) is 0 Å². The van der Waals surface area contributed by atoms with Crippen molar-refractivity contribution in [1.29, 1.82) is 0 Å². The van der Waals surface area contributed by atoms with Gasteiger partial charge in [0.15, 0.2) is 11.5 Å². The van der Waals surface area contributed by atoms with E-state index in [1.54, 1.807) is 25.1 Å². The van der Waals surface area contributed by atoms with E-state index in [-0.39, 0.29) is 19.1 Å². The van der Waals surface area contributed by atoms with Crippen molar-refractivity contribution in [1.82, 2.24) is 19.4 Å². The predicted molar refractivity (Wildman–Crippen MR) is 149 cm³/mol. The average Bonchev–Trinajstić information content (AvgIpc) is 3.23. The van der Waals surface area contributed by atoms with E-state index in [0.29, 0.717) is 56.6 Å². The number of hydrogen-bond donors (Lipinski definition) is 1. The van der Waals surface area contributed by atoms with Crippen LogP contribution in [0, 0.1) is 20.8 Å². The maximum atomic E-state index is 12.3.